The minimum absolute atomic E-state index is 0.165. The highest BCUT2D eigenvalue weighted by Crippen LogP contribution is 2.22. The molecule has 0 bridgehead atoms. The monoisotopic (exact) mass is 284 g/mol. The number of aryl methyl sites for hydroxylation is 2. The molecule has 18 heavy (non-hydrogen) atoms. The highest BCUT2D eigenvalue weighted by Gasteiger charge is 2.18. The molecule has 0 aliphatic carbocycles. The maximum atomic E-state index is 12.0. The number of nitrogens with zero attached hydrogens (tertiary/aromatic N) is 2. The van der Waals surface area contributed by atoms with Crippen molar-refractivity contribution in [3.05, 3.63) is 29.0 Å². The molecule has 0 radical (unpaired) electrons. The molecule has 0 saturated heterocycles. The van der Waals surface area contributed by atoms with Gasteiger partial charge in [-0.05, 0) is 25.5 Å². The molecule has 2 aromatic heterocycles. The van der Waals surface area contributed by atoms with E-state index in [1.165, 1.54) is 12.4 Å². The molecule has 96 valence electrons. The maximum Gasteiger partial charge on any atom is 0.274 e. The molecule has 0 fully saturated rings. The molecule has 3 N–H and O–H groups in total. The summed E-state index contributed by atoms with van der Waals surface area (Å²) in [6.07, 6.45) is 2.73. The number of aromatic nitrogens is 2. The minimum atomic E-state index is -3.63. The average Bonchev–Trinajstić information content (AvgIpc) is 2.70. The van der Waals surface area contributed by atoms with Gasteiger partial charge in [-0.2, -0.15) is 0 Å². The van der Waals surface area contributed by atoms with Gasteiger partial charge in [0, 0.05) is 0 Å². The van der Waals surface area contributed by atoms with Crippen molar-refractivity contribution < 1.29 is 8.42 Å². The predicted octanol–water partition coefficient (Wildman–Crippen LogP) is 1.54. The Balaban J connectivity index is 2.33. The van der Waals surface area contributed by atoms with Gasteiger partial charge in [0.05, 0.1) is 23.1 Å². The number of hydrogen-bond donors (Lipinski definition) is 2. The third-order valence-electron chi connectivity index (χ3n) is 2.20. The number of nitrogens with two attached hydrogens (primary N) is 1. The lowest BCUT2D eigenvalue weighted by Crippen LogP contribution is -2.13. The van der Waals surface area contributed by atoms with E-state index in [0.29, 0.717) is 16.3 Å². The number of hydrogen-bond acceptors (Lipinski definition) is 6. The smallest absolute Gasteiger partial charge is 0.274 e. The van der Waals surface area contributed by atoms with Crippen molar-refractivity contribution in [2.24, 2.45) is 0 Å². The number of rotatable bonds is 3. The molecule has 2 rings (SSSR count). The Morgan fingerprint density at radius 1 is 1.28 bits per heavy atom. The normalized spacial score (nSPS) is 11.4. The largest absolute Gasteiger partial charge is 0.397 e. The molecule has 0 saturated carbocycles. The summed E-state index contributed by atoms with van der Waals surface area (Å²) in [6.45, 7) is 3.48. The lowest BCUT2D eigenvalue weighted by molar-refractivity contribution is 0.602. The van der Waals surface area contributed by atoms with Crippen LogP contribution in [0, 0.1) is 13.8 Å². The van der Waals surface area contributed by atoms with Crippen LogP contribution in [-0.4, -0.2) is 18.4 Å². The molecular formula is C10H12N4O2S2. The van der Waals surface area contributed by atoms with E-state index >= 15 is 0 Å². The second-order valence-corrected chi connectivity index (χ2v) is 6.88. The summed E-state index contributed by atoms with van der Waals surface area (Å²) in [4.78, 5) is 7.88. The third kappa shape index (κ3) is 2.59. The van der Waals surface area contributed by atoms with E-state index in [2.05, 4.69) is 14.7 Å². The SMILES string of the molecule is Cc1ncc(S(=O)(=O)Nc2ncc(N)cc2C)s1. The lowest BCUT2D eigenvalue weighted by atomic mass is 10.3. The van der Waals surface area contributed by atoms with E-state index in [1.807, 2.05) is 0 Å². The summed E-state index contributed by atoms with van der Waals surface area (Å²) in [5, 5.41) is 0.692. The Morgan fingerprint density at radius 3 is 2.56 bits per heavy atom. The van der Waals surface area contributed by atoms with Gasteiger partial charge >= 0.3 is 0 Å². The van der Waals surface area contributed by atoms with Gasteiger partial charge < -0.3 is 5.73 Å². The highest BCUT2D eigenvalue weighted by molar-refractivity contribution is 7.94. The molecule has 8 heteroatoms. The Hall–Kier alpha value is -1.67. The van der Waals surface area contributed by atoms with Gasteiger partial charge in [0.1, 0.15) is 5.82 Å². The van der Waals surface area contributed by atoms with Crippen LogP contribution in [0.4, 0.5) is 11.5 Å². The van der Waals surface area contributed by atoms with Crippen molar-refractivity contribution in [2.45, 2.75) is 18.1 Å². The van der Waals surface area contributed by atoms with E-state index in [9.17, 15) is 8.42 Å². The van der Waals surface area contributed by atoms with Gasteiger partial charge in [-0.15, -0.1) is 11.3 Å². The number of sulfonamides is 1. The predicted molar refractivity (Wildman–Crippen MR) is 71.0 cm³/mol. The van der Waals surface area contributed by atoms with Crippen LogP contribution in [0.1, 0.15) is 10.6 Å². The van der Waals surface area contributed by atoms with Crippen molar-refractivity contribution in [1.82, 2.24) is 9.97 Å². The molecule has 0 unspecified atom stereocenters. The van der Waals surface area contributed by atoms with Crippen molar-refractivity contribution in [3.63, 3.8) is 0 Å². The van der Waals surface area contributed by atoms with Crippen LogP contribution >= 0.6 is 11.3 Å². The quantitative estimate of drug-likeness (QED) is 0.890. The number of anilines is 2. The van der Waals surface area contributed by atoms with E-state index in [1.54, 1.807) is 19.9 Å². The second-order valence-electron chi connectivity index (χ2n) is 3.74. The summed E-state index contributed by atoms with van der Waals surface area (Å²) in [7, 11) is -3.63. The first-order valence-corrected chi connectivity index (χ1v) is 7.36. The van der Waals surface area contributed by atoms with Crippen molar-refractivity contribution in [3.8, 4) is 0 Å². The van der Waals surface area contributed by atoms with Crippen LogP contribution < -0.4 is 10.5 Å². The number of pyridine rings is 1. The first kappa shape index (κ1) is 12.8. The minimum Gasteiger partial charge on any atom is -0.397 e. The Kier molecular flexibility index (Phi) is 3.22. The van der Waals surface area contributed by atoms with Crippen molar-refractivity contribution in [1.29, 1.82) is 0 Å². The van der Waals surface area contributed by atoms with Crippen LogP contribution in [-0.2, 0) is 10.0 Å². The fourth-order valence-corrected chi connectivity index (χ4v) is 3.53. The van der Waals surface area contributed by atoms with Crippen LogP contribution in [0.3, 0.4) is 0 Å². The molecule has 0 spiro atoms. The van der Waals surface area contributed by atoms with E-state index in [0.717, 1.165) is 11.3 Å². The molecule has 0 amide bonds. The standard InChI is InChI=1S/C10H12N4O2S2/c1-6-3-8(11)4-13-10(6)14-18(15,16)9-5-12-7(2)17-9/h3-5H,11H2,1-2H3,(H,13,14). The topological polar surface area (TPSA) is 98.0 Å². The Bertz CT molecular complexity index is 679. The van der Waals surface area contributed by atoms with Crippen LogP contribution in [0.2, 0.25) is 0 Å². The summed E-state index contributed by atoms with van der Waals surface area (Å²) in [6, 6.07) is 1.66. The van der Waals surface area contributed by atoms with Crippen LogP contribution in [0.15, 0.2) is 22.7 Å². The maximum absolute atomic E-state index is 12.0. The summed E-state index contributed by atoms with van der Waals surface area (Å²) < 4.78 is 26.7. The van der Waals surface area contributed by atoms with E-state index in [-0.39, 0.29) is 10.0 Å². The van der Waals surface area contributed by atoms with Gasteiger partial charge in [0.2, 0.25) is 0 Å². The molecule has 0 aliphatic heterocycles. The highest BCUT2D eigenvalue weighted by atomic mass is 32.2. The van der Waals surface area contributed by atoms with Crippen molar-refractivity contribution >= 4 is 32.9 Å². The zero-order chi connectivity index (χ0) is 13.3. The number of thiazole rings is 1. The third-order valence-corrected chi connectivity index (χ3v) is 4.91. The Morgan fingerprint density at radius 2 is 2.00 bits per heavy atom. The molecular weight excluding hydrogens is 272 g/mol. The fraction of sp³-hybridized carbons (Fsp3) is 0.200. The summed E-state index contributed by atoms with van der Waals surface area (Å²) in [5.41, 5.74) is 6.71. The van der Waals surface area contributed by atoms with Crippen LogP contribution in [0.5, 0.6) is 0 Å². The number of nitrogens with one attached hydrogen (secondary N) is 1. The van der Waals surface area contributed by atoms with Gasteiger partial charge in [-0.3, -0.25) is 4.72 Å². The van der Waals surface area contributed by atoms with E-state index < -0.39 is 10.0 Å². The molecule has 0 aromatic carbocycles. The zero-order valence-electron chi connectivity index (χ0n) is 9.84. The average molecular weight is 284 g/mol. The van der Waals surface area contributed by atoms with Gasteiger partial charge in [-0.25, -0.2) is 18.4 Å². The first-order chi connectivity index (χ1) is 8.38. The fourth-order valence-electron chi connectivity index (χ4n) is 1.35. The van der Waals surface area contributed by atoms with Gasteiger partial charge in [-0.1, -0.05) is 0 Å². The van der Waals surface area contributed by atoms with Gasteiger partial charge in [0.25, 0.3) is 10.0 Å². The van der Waals surface area contributed by atoms with E-state index in [4.69, 9.17) is 5.73 Å². The summed E-state index contributed by atoms with van der Waals surface area (Å²) in [5.74, 6) is 0.273. The van der Waals surface area contributed by atoms with Crippen LogP contribution in [0.25, 0.3) is 0 Å². The second kappa shape index (κ2) is 4.54. The lowest BCUT2D eigenvalue weighted by Gasteiger charge is -2.08. The first-order valence-electron chi connectivity index (χ1n) is 5.06. The molecule has 2 heterocycles. The molecule has 2 aromatic rings. The molecule has 6 nitrogen and oxygen atoms in total. The molecule has 0 atom stereocenters. The summed E-state index contributed by atoms with van der Waals surface area (Å²) >= 11 is 1.11. The molecule has 0 aliphatic rings. The van der Waals surface area contributed by atoms with Gasteiger partial charge in [0.15, 0.2) is 4.21 Å². The van der Waals surface area contributed by atoms with Crippen molar-refractivity contribution in [2.75, 3.05) is 10.5 Å². The zero-order valence-corrected chi connectivity index (χ0v) is 11.5. The number of nitrogen functional groups attached to an aromatic ring is 1. The Labute approximate surface area is 109 Å².